The molecule has 2 heterocycles. The number of benzene rings is 1. The van der Waals surface area contributed by atoms with Crippen LogP contribution in [-0.4, -0.2) is 26.3 Å². The van der Waals surface area contributed by atoms with Crippen LogP contribution in [0.5, 0.6) is 6.01 Å². The number of methoxy groups -OCH3 is 1. The first-order chi connectivity index (χ1) is 11.2. The summed E-state index contributed by atoms with van der Waals surface area (Å²) in [4.78, 5) is 21.1. The van der Waals surface area contributed by atoms with Gasteiger partial charge in [0.2, 0.25) is 0 Å². The summed E-state index contributed by atoms with van der Waals surface area (Å²) in [7, 11) is 1.55. The lowest BCUT2D eigenvalue weighted by atomic mass is 10.1. The summed E-state index contributed by atoms with van der Waals surface area (Å²) in [5.74, 6) is 0.372. The lowest BCUT2D eigenvalue weighted by Crippen LogP contribution is -2.22. The first-order valence-electron chi connectivity index (χ1n) is 7.77. The van der Waals surface area contributed by atoms with Gasteiger partial charge in [0.1, 0.15) is 0 Å². The average Bonchev–Trinajstić information content (AvgIpc) is 2.93. The number of rotatable bonds is 5. The van der Waals surface area contributed by atoms with Gasteiger partial charge in [-0.2, -0.15) is 9.50 Å². The molecule has 0 aliphatic rings. The molecule has 0 aliphatic heterocycles. The largest absolute Gasteiger partial charge is 0.467 e. The van der Waals surface area contributed by atoms with Crippen molar-refractivity contribution in [3.63, 3.8) is 0 Å². The van der Waals surface area contributed by atoms with E-state index in [0.29, 0.717) is 24.8 Å². The molecule has 23 heavy (non-hydrogen) atoms. The van der Waals surface area contributed by atoms with Crippen molar-refractivity contribution in [1.29, 1.82) is 0 Å². The van der Waals surface area contributed by atoms with Gasteiger partial charge in [0.25, 0.3) is 11.3 Å². The fourth-order valence-corrected chi connectivity index (χ4v) is 2.56. The molecule has 0 saturated heterocycles. The minimum absolute atomic E-state index is 0.146. The maximum Gasteiger partial charge on any atom is 0.315 e. The highest BCUT2D eigenvalue weighted by Gasteiger charge is 2.15. The van der Waals surface area contributed by atoms with E-state index in [1.807, 2.05) is 6.92 Å². The normalized spacial score (nSPS) is 11.1. The standard InChI is InChI=1S/C17H20N4O2/c1-4-12-6-8-13(9-7-12)11-20-17(23-3)19-16-18-14(5-2)10-15(22)21(16)20/h6-10H,4-5,11H2,1-3H3. The average molecular weight is 312 g/mol. The number of nitrogens with zero attached hydrogens (tertiary/aromatic N) is 4. The van der Waals surface area contributed by atoms with E-state index in [1.165, 1.54) is 10.1 Å². The van der Waals surface area contributed by atoms with Crippen LogP contribution >= 0.6 is 0 Å². The van der Waals surface area contributed by atoms with Crippen molar-refractivity contribution in [2.75, 3.05) is 7.11 Å². The molecule has 120 valence electrons. The molecule has 3 rings (SSSR count). The third kappa shape index (κ3) is 2.84. The second kappa shape index (κ2) is 6.24. The van der Waals surface area contributed by atoms with Gasteiger partial charge < -0.3 is 4.74 Å². The Balaban J connectivity index is 2.09. The third-order valence-corrected chi connectivity index (χ3v) is 3.90. The fourth-order valence-electron chi connectivity index (χ4n) is 2.56. The van der Waals surface area contributed by atoms with E-state index in [4.69, 9.17) is 4.74 Å². The zero-order chi connectivity index (χ0) is 16.4. The number of hydrogen-bond acceptors (Lipinski definition) is 4. The SMILES string of the molecule is CCc1ccc(Cn2c(OC)nc3nc(CC)cc(=O)n32)cc1. The zero-order valence-corrected chi connectivity index (χ0v) is 13.6. The van der Waals surface area contributed by atoms with Crippen LogP contribution < -0.4 is 10.3 Å². The monoisotopic (exact) mass is 312 g/mol. The first-order valence-corrected chi connectivity index (χ1v) is 7.77. The Morgan fingerprint density at radius 1 is 1.04 bits per heavy atom. The van der Waals surface area contributed by atoms with Crippen molar-refractivity contribution >= 4 is 5.78 Å². The van der Waals surface area contributed by atoms with Gasteiger partial charge in [-0.05, 0) is 24.0 Å². The smallest absolute Gasteiger partial charge is 0.315 e. The van der Waals surface area contributed by atoms with Crippen molar-refractivity contribution < 1.29 is 4.74 Å². The summed E-state index contributed by atoms with van der Waals surface area (Å²) in [6, 6.07) is 10.2. The van der Waals surface area contributed by atoms with E-state index in [2.05, 4.69) is 41.2 Å². The highest BCUT2D eigenvalue weighted by Crippen LogP contribution is 2.14. The van der Waals surface area contributed by atoms with Gasteiger partial charge in [0.05, 0.1) is 13.7 Å². The van der Waals surface area contributed by atoms with Crippen LogP contribution in [0.3, 0.4) is 0 Å². The molecular weight excluding hydrogens is 292 g/mol. The van der Waals surface area contributed by atoms with Gasteiger partial charge in [0, 0.05) is 11.8 Å². The summed E-state index contributed by atoms with van der Waals surface area (Å²) >= 11 is 0. The summed E-state index contributed by atoms with van der Waals surface area (Å²) in [5, 5.41) is 0. The van der Waals surface area contributed by atoms with Crippen molar-refractivity contribution in [3.8, 4) is 6.01 Å². The summed E-state index contributed by atoms with van der Waals surface area (Å²) < 4.78 is 8.51. The van der Waals surface area contributed by atoms with E-state index < -0.39 is 0 Å². The maximum atomic E-state index is 12.4. The van der Waals surface area contributed by atoms with Crippen LogP contribution in [0.25, 0.3) is 5.78 Å². The van der Waals surface area contributed by atoms with Gasteiger partial charge in [-0.25, -0.2) is 9.67 Å². The molecule has 0 bridgehead atoms. The van der Waals surface area contributed by atoms with Gasteiger partial charge >= 0.3 is 6.01 Å². The molecule has 6 nitrogen and oxygen atoms in total. The highest BCUT2D eigenvalue weighted by molar-refractivity contribution is 5.31. The summed E-state index contributed by atoms with van der Waals surface area (Å²) in [5.41, 5.74) is 2.94. The van der Waals surface area contributed by atoms with Crippen LogP contribution in [0.4, 0.5) is 0 Å². The van der Waals surface area contributed by atoms with Crippen LogP contribution in [0.15, 0.2) is 35.1 Å². The lowest BCUT2D eigenvalue weighted by Gasteiger charge is -2.09. The second-order valence-corrected chi connectivity index (χ2v) is 5.38. The van der Waals surface area contributed by atoms with Crippen molar-refractivity contribution in [1.82, 2.24) is 19.2 Å². The number of aromatic nitrogens is 4. The van der Waals surface area contributed by atoms with Crippen LogP contribution in [0.2, 0.25) is 0 Å². The van der Waals surface area contributed by atoms with Gasteiger partial charge in [-0.15, -0.1) is 0 Å². The summed E-state index contributed by atoms with van der Waals surface area (Å²) in [6.07, 6.45) is 1.69. The first kappa shape index (κ1) is 15.3. The fraction of sp³-hybridized carbons (Fsp3) is 0.353. The maximum absolute atomic E-state index is 12.4. The van der Waals surface area contributed by atoms with Gasteiger partial charge in [-0.1, -0.05) is 38.1 Å². The van der Waals surface area contributed by atoms with Crippen molar-refractivity contribution in [2.45, 2.75) is 33.2 Å². The van der Waals surface area contributed by atoms with E-state index in [-0.39, 0.29) is 5.56 Å². The van der Waals surface area contributed by atoms with E-state index in [1.54, 1.807) is 17.9 Å². The lowest BCUT2D eigenvalue weighted by molar-refractivity contribution is 0.347. The number of hydrogen-bond donors (Lipinski definition) is 0. The topological polar surface area (TPSA) is 61.4 Å². The summed E-state index contributed by atoms with van der Waals surface area (Å²) in [6.45, 7) is 4.58. The molecule has 6 heteroatoms. The van der Waals surface area contributed by atoms with E-state index >= 15 is 0 Å². The molecule has 0 fully saturated rings. The molecular formula is C17H20N4O2. The molecule has 0 amide bonds. The molecule has 0 unspecified atom stereocenters. The van der Waals surface area contributed by atoms with Crippen LogP contribution in [-0.2, 0) is 19.4 Å². The predicted octanol–water partition coefficient (Wildman–Crippen LogP) is 2.07. The Bertz CT molecular complexity index is 878. The molecule has 0 atom stereocenters. The highest BCUT2D eigenvalue weighted by atomic mass is 16.5. The quantitative estimate of drug-likeness (QED) is 0.723. The zero-order valence-electron chi connectivity index (χ0n) is 13.6. The van der Waals surface area contributed by atoms with Crippen LogP contribution in [0, 0.1) is 0 Å². The molecule has 1 aromatic carbocycles. The Labute approximate surface area is 134 Å². The van der Waals surface area contributed by atoms with Crippen molar-refractivity contribution in [3.05, 3.63) is 57.5 Å². The third-order valence-electron chi connectivity index (χ3n) is 3.90. The number of aryl methyl sites for hydroxylation is 2. The predicted molar refractivity (Wildman–Crippen MR) is 88.1 cm³/mol. The van der Waals surface area contributed by atoms with Gasteiger partial charge in [0.15, 0.2) is 0 Å². The number of fused-ring (bicyclic) bond motifs is 1. The Morgan fingerprint density at radius 2 is 1.74 bits per heavy atom. The Hall–Kier alpha value is -2.63. The van der Waals surface area contributed by atoms with Gasteiger partial charge in [-0.3, -0.25) is 4.79 Å². The Morgan fingerprint density at radius 3 is 2.35 bits per heavy atom. The molecule has 2 aromatic heterocycles. The minimum atomic E-state index is -0.146. The Kier molecular flexibility index (Phi) is 4.14. The second-order valence-electron chi connectivity index (χ2n) is 5.38. The molecule has 0 N–H and O–H groups in total. The van der Waals surface area contributed by atoms with Crippen LogP contribution in [0.1, 0.15) is 30.7 Å². The van der Waals surface area contributed by atoms with Crippen molar-refractivity contribution in [2.24, 2.45) is 0 Å². The van der Waals surface area contributed by atoms with E-state index in [9.17, 15) is 4.79 Å². The molecule has 0 radical (unpaired) electrons. The number of ether oxygens (including phenoxy) is 1. The molecule has 0 aliphatic carbocycles. The molecule has 3 aromatic rings. The molecule has 0 spiro atoms. The van der Waals surface area contributed by atoms with E-state index in [0.717, 1.165) is 17.7 Å². The minimum Gasteiger partial charge on any atom is -0.467 e. The molecule has 0 saturated carbocycles.